The van der Waals surface area contributed by atoms with Gasteiger partial charge < -0.3 is 14.6 Å². The van der Waals surface area contributed by atoms with Gasteiger partial charge in [-0.15, -0.1) is 0 Å². The zero-order valence-electron chi connectivity index (χ0n) is 14.4. The van der Waals surface area contributed by atoms with Crippen LogP contribution in [0.4, 0.5) is 0 Å². The highest BCUT2D eigenvalue weighted by Crippen LogP contribution is 2.28. The number of carbonyl (C=O) groups excluding carboxylic acids is 1. The molecule has 26 heavy (non-hydrogen) atoms. The number of pyridine rings is 1. The molecule has 2 aromatic heterocycles. The fraction of sp³-hybridized carbons (Fsp3) is 0.150. The standard InChI is InChI=1S/C20H17N3O3/c1-12-16-9-14(10-22-20(16)26-23-12)19(24)21-11-17-15-6-4-3-5-13(15)7-8-18(17)25-2/h3-10H,11H2,1-2H3,(H,21,24). The first-order valence-electron chi connectivity index (χ1n) is 8.22. The highest BCUT2D eigenvalue weighted by molar-refractivity contribution is 5.97. The average molecular weight is 347 g/mol. The molecular weight excluding hydrogens is 330 g/mol. The maximum absolute atomic E-state index is 12.6. The lowest BCUT2D eigenvalue weighted by atomic mass is 10.0. The summed E-state index contributed by atoms with van der Waals surface area (Å²) in [7, 11) is 1.63. The largest absolute Gasteiger partial charge is 0.496 e. The number of nitrogens with one attached hydrogen (secondary N) is 1. The highest BCUT2D eigenvalue weighted by Gasteiger charge is 2.13. The van der Waals surface area contributed by atoms with Crippen LogP contribution in [-0.4, -0.2) is 23.2 Å². The number of nitrogens with zero attached hydrogens (tertiary/aromatic N) is 2. The predicted molar refractivity (Wildman–Crippen MR) is 98.2 cm³/mol. The highest BCUT2D eigenvalue weighted by atomic mass is 16.5. The van der Waals surface area contributed by atoms with Crippen LogP contribution >= 0.6 is 0 Å². The summed E-state index contributed by atoms with van der Waals surface area (Å²) in [5, 5.41) is 9.70. The van der Waals surface area contributed by atoms with Gasteiger partial charge in [-0.1, -0.05) is 35.5 Å². The van der Waals surface area contributed by atoms with Gasteiger partial charge in [0.2, 0.25) is 0 Å². The Morgan fingerprint density at radius 1 is 1.19 bits per heavy atom. The van der Waals surface area contributed by atoms with Crippen LogP contribution in [0.15, 0.2) is 53.2 Å². The van der Waals surface area contributed by atoms with Crippen molar-refractivity contribution in [2.45, 2.75) is 13.5 Å². The number of carbonyl (C=O) groups is 1. The predicted octanol–water partition coefficient (Wildman–Crippen LogP) is 3.62. The quantitative estimate of drug-likeness (QED) is 0.610. The second kappa shape index (κ2) is 6.48. The zero-order valence-corrected chi connectivity index (χ0v) is 14.4. The van der Waals surface area contributed by atoms with Crippen LogP contribution in [0.5, 0.6) is 5.75 Å². The molecule has 0 aliphatic carbocycles. The summed E-state index contributed by atoms with van der Waals surface area (Å²) < 4.78 is 10.6. The van der Waals surface area contributed by atoms with E-state index < -0.39 is 0 Å². The number of aryl methyl sites for hydroxylation is 1. The van der Waals surface area contributed by atoms with Crippen LogP contribution < -0.4 is 10.1 Å². The second-order valence-corrected chi connectivity index (χ2v) is 5.99. The van der Waals surface area contributed by atoms with Crippen LogP contribution in [0.25, 0.3) is 21.9 Å². The number of ether oxygens (including phenoxy) is 1. The molecule has 2 aromatic carbocycles. The molecule has 0 radical (unpaired) electrons. The molecule has 6 heteroatoms. The Bertz CT molecular complexity index is 1120. The summed E-state index contributed by atoms with van der Waals surface area (Å²) in [5.74, 6) is 0.530. The Kier molecular flexibility index (Phi) is 4.01. The molecule has 0 saturated carbocycles. The van der Waals surface area contributed by atoms with E-state index in [4.69, 9.17) is 9.26 Å². The maximum Gasteiger partial charge on any atom is 0.257 e. The minimum atomic E-state index is -0.213. The molecule has 1 amide bonds. The van der Waals surface area contributed by atoms with E-state index in [1.54, 1.807) is 13.2 Å². The van der Waals surface area contributed by atoms with Crippen LogP contribution in [0.2, 0.25) is 0 Å². The minimum absolute atomic E-state index is 0.213. The third-order valence-electron chi connectivity index (χ3n) is 4.42. The topological polar surface area (TPSA) is 77.2 Å². The van der Waals surface area contributed by atoms with Crippen molar-refractivity contribution in [1.29, 1.82) is 0 Å². The molecule has 130 valence electrons. The molecule has 0 spiro atoms. The van der Waals surface area contributed by atoms with Crippen molar-refractivity contribution in [1.82, 2.24) is 15.5 Å². The number of methoxy groups -OCH3 is 1. The van der Waals surface area contributed by atoms with E-state index >= 15 is 0 Å². The molecule has 0 atom stereocenters. The number of fused-ring (bicyclic) bond motifs is 2. The summed E-state index contributed by atoms with van der Waals surface area (Å²) in [6.45, 7) is 2.17. The third kappa shape index (κ3) is 2.75. The number of benzene rings is 2. The lowest BCUT2D eigenvalue weighted by Gasteiger charge is -2.13. The first-order valence-corrected chi connectivity index (χ1v) is 8.22. The summed E-state index contributed by atoms with van der Waals surface area (Å²) in [6.07, 6.45) is 1.49. The molecule has 1 N–H and O–H groups in total. The number of amides is 1. The van der Waals surface area contributed by atoms with Gasteiger partial charge in [0.15, 0.2) is 0 Å². The first kappa shape index (κ1) is 16.1. The number of rotatable bonds is 4. The zero-order chi connectivity index (χ0) is 18.1. The van der Waals surface area contributed by atoms with E-state index in [0.717, 1.165) is 27.5 Å². The minimum Gasteiger partial charge on any atom is -0.496 e. The van der Waals surface area contributed by atoms with Crippen LogP contribution in [0, 0.1) is 6.92 Å². The van der Waals surface area contributed by atoms with Gasteiger partial charge in [0.05, 0.1) is 23.8 Å². The molecule has 0 aliphatic heterocycles. The Hall–Kier alpha value is -3.41. The third-order valence-corrected chi connectivity index (χ3v) is 4.42. The molecule has 0 fully saturated rings. The molecule has 4 aromatic rings. The summed E-state index contributed by atoms with van der Waals surface area (Å²) in [4.78, 5) is 16.7. The smallest absolute Gasteiger partial charge is 0.257 e. The van der Waals surface area contributed by atoms with Gasteiger partial charge in [-0.2, -0.15) is 0 Å². The van der Waals surface area contributed by atoms with Gasteiger partial charge in [0.25, 0.3) is 11.6 Å². The molecule has 0 unspecified atom stereocenters. The monoisotopic (exact) mass is 347 g/mol. The van der Waals surface area contributed by atoms with Crippen molar-refractivity contribution >= 4 is 27.8 Å². The van der Waals surface area contributed by atoms with Gasteiger partial charge in [0.1, 0.15) is 5.75 Å². The van der Waals surface area contributed by atoms with E-state index in [0.29, 0.717) is 23.5 Å². The first-order chi connectivity index (χ1) is 12.7. The molecule has 0 saturated heterocycles. The van der Waals surface area contributed by atoms with Crippen molar-refractivity contribution in [2.24, 2.45) is 0 Å². The summed E-state index contributed by atoms with van der Waals surface area (Å²) in [5.41, 5.74) is 2.53. The molecule has 0 aliphatic rings. The van der Waals surface area contributed by atoms with Crippen molar-refractivity contribution in [3.63, 3.8) is 0 Å². The average Bonchev–Trinajstić information content (AvgIpc) is 3.06. The normalized spacial score (nSPS) is 11.0. The van der Waals surface area contributed by atoms with E-state index in [2.05, 4.69) is 15.5 Å². The van der Waals surface area contributed by atoms with Crippen LogP contribution in [0.1, 0.15) is 21.6 Å². The van der Waals surface area contributed by atoms with Gasteiger partial charge in [-0.3, -0.25) is 4.79 Å². The SMILES string of the molecule is COc1ccc2ccccc2c1CNC(=O)c1cnc2onc(C)c2c1. The number of hydrogen-bond acceptors (Lipinski definition) is 5. The fourth-order valence-electron chi connectivity index (χ4n) is 3.03. The van der Waals surface area contributed by atoms with E-state index in [1.165, 1.54) is 6.20 Å². The van der Waals surface area contributed by atoms with Crippen molar-refractivity contribution in [3.8, 4) is 5.75 Å². The van der Waals surface area contributed by atoms with Gasteiger partial charge in [-0.05, 0) is 29.8 Å². The van der Waals surface area contributed by atoms with E-state index in [1.807, 2.05) is 43.3 Å². The molecule has 6 nitrogen and oxygen atoms in total. The number of aromatic nitrogens is 2. The van der Waals surface area contributed by atoms with Crippen LogP contribution in [0.3, 0.4) is 0 Å². The van der Waals surface area contributed by atoms with Crippen molar-refractivity contribution < 1.29 is 14.1 Å². The molecule has 2 heterocycles. The molecular formula is C20H17N3O3. The summed E-state index contributed by atoms with van der Waals surface area (Å²) in [6, 6.07) is 13.7. The van der Waals surface area contributed by atoms with Crippen molar-refractivity contribution in [2.75, 3.05) is 7.11 Å². The Labute approximate surface area is 149 Å². The maximum atomic E-state index is 12.6. The Morgan fingerprint density at radius 2 is 2.04 bits per heavy atom. The van der Waals surface area contributed by atoms with Gasteiger partial charge >= 0.3 is 0 Å². The Morgan fingerprint density at radius 3 is 2.88 bits per heavy atom. The molecule has 0 bridgehead atoms. The summed E-state index contributed by atoms with van der Waals surface area (Å²) >= 11 is 0. The molecule has 4 rings (SSSR count). The van der Waals surface area contributed by atoms with E-state index in [-0.39, 0.29) is 5.91 Å². The Balaban J connectivity index is 1.62. The lowest BCUT2D eigenvalue weighted by Crippen LogP contribution is -2.23. The van der Waals surface area contributed by atoms with Gasteiger partial charge in [-0.25, -0.2) is 4.98 Å². The van der Waals surface area contributed by atoms with Crippen LogP contribution in [-0.2, 0) is 6.54 Å². The fourth-order valence-corrected chi connectivity index (χ4v) is 3.03. The van der Waals surface area contributed by atoms with Gasteiger partial charge in [0, 0.05) is 18.3 Å². The second-order valence-electron chi connectivity index (χ2n) is 5.99. The number of hydrogen-bond donors (Lipinski definition) is 1. The van der Waals surface area contributed by atoms with E-state index in [9.17, 15) is 4.79 Å². The lowest BCUT2D eigenvalue weighted by molar-refractivity contribution is 0.0950. The van der Waals surface area contributed by atoms with Crippen molar-refractivity contribution in [3.05, 3.63) is 65.5 Å².